The van der Waals surface area contributed by atoms with E-state index >= 15 is 0 Å². The fourth-order valence-corrected chi connectivity index (χ4v) is 1.33. The summed E-state index contributed by atoms with van der Waals surface area (Å²) in [6, 6.07) is 11.0. The molecule has 0 spiro atoms. The molecule has 1 aromatic heterocycles. The van der Waals surface area contributed by atoms with Crippen molar-refractivity contribution in [2.24, 2.45) is 0 Å². The molecule has 3 nitrogen and oxygen atoms in total. The molecule has 2 rings (SSSR count). The Balaban J connectivity index is 2.63. The van der Waals surface area contributed by atoms with Crippen molar-refractivity contribution in [3.63, 3.8) is 0 Å². The van der Waals surface area contributed by atoms with Crippen LogP contribution in [-0.4, -0.2) is 15.2 Å². The highest BCUT2D eigenvalue weighted by molar-refractivity contribution is 5.78. The zero-order valence-electron chi connectivity index (χ0n) is 7.81. The van der Waals surface area contributed by atoms with Gasteiger partial charge in [0.05, 0.1) is 11.2 Å². The Bertz CT molecular complexity index is 460. The lowest BCUT2D eigenvalue weighted by Gasteiger charge is -2.15. The molecule has 2 N–H and O–H groups in total. The van der Waals surface area contributed by atoms with Crippen molar-refractivity contribution in [1.82, 2.24) is 4.98 Å². The van der Waals surface area contributed by atoms with Gasteiger partial charge in [0.2, 0.25) is 5.79 Å². The van der Waals surface area contributed by atoms with Crippen molar-refractivity contribution in [3.8, 4) is 0 Å². The number of para-hydroxylation sites is 1. The maximum atomic E-state index is 9.34. The minimum atomic E-state index is -1.87. The van der Waals surface area contributed by atoms with Gasteiger partial charge in [-0.2, -0.15) is 0 Å². The van der Waals surface area contributed by atoms with Gasteiger partial charge in [0.1, 0.15) is 0 Å². The predicted octanol–water partition coefficient (Wildman–Crippen LogP) is 1.39. The summed E-state index contributed by atoms with van der Waals surface area (Å²) in [5.74, 6) is -1.87. The van der Waals surface area contributed by atoms with Crippen LogP contribution in [0.4, 0.5) is 0 Å². The van der Waals surface area contributed by atoms with Gasteiger partial charge in [-0.25, -0.2) is 4.98 Å². The topological polar surface area (TPSA) is 53.4 Å². The number of fused-ring (bicyclic) bond motifs is 1. The molecule has 0 saturated carbocycles. The third-order valence-corrected chi connectivity index (χ3v) is 2.08. The Kier molecular flexibility index (Phi) is 1.98. The second kappa shape index (κ2) is 3.04. The summed E-state index contributed by atoms with van der Waals surface area (Å²) in [7, 11) is 0. The Morgan fingerprint density at radius 2 is 1.79 bits per heavy atom. The molecule has 0 radical (unpaired) electrons. The molecule has 2 aromatic rings. The van der Waals surface area contributed by atoms with Crippen molar-refractivity contribution < 1.29 is 10.2 Å². The van der Waals surface area contributed by atoms with Crippen LogP contribution in [0.3, 0.4) is 0 Å². The zero-order chi connectivity index (χ0) is 10.2. The minimum absolute atomic E-state index is 0.260. The van der Waals surface area contributed by atoms with Crippen molar-refractivity contribution in [1.29, 1.82) is 0 Å². The van der Waals surface area contributed by atoms with Crippen molar-refractivity contribution >= 4 is 10.9 Å². The van der Waals surface area contributed by atoms with E-state index in [1.165, 1.54) is 6.92 Å². The first kappa shape index (κ1) is 9.12. The fraction of sp³-hybridized carbons (Fsp3) is 0.182. The Morgan fingerprint density at radius 1 is 1.07 bits per heavy atom. The molecule has 3 heteroatoms. The van der Waals surface area contributed by atoms with E-state index in [0.29, 0.717) is 0 Å². The first-order valence-electron chi connectivity index (χ1n) is 4.38. The Morgan fingerprint density at radius 3 is 2.50 bits per heavy atom. The van der Waals surface area contributed by atoms with E-state index in [-0.39, 0.29) is 5.69 Å². The molecule has 0 atom stereocenters. The van der Waals surface area contributed by atoms with E-state index in [0.717, 1.165) is 10.9 Å². The summed E-state index contributed by atoms with van der Waals surface area (Å²) in [6.07, 6.45) is 0. The zero-order valence-corrected chi connectivity index (χ0v) is 7.81. The maximum absolute atomic E-state index is 9.34. The average molecular weight is 189 g/mol. The summed E-state index contributed by atoms with van der Waals surface area (Å²) < 4.78 is 0. The van der Waals surface area contributed by atoms with Gasteiger partial charge < -0.3 is 10.2 Å². The van der Waals surface area contributed by atoms with E-state index in [4.69, 9.17) is 0 Å². The molecule has 0 saturated heterocycles. The van der Waals surface area contributed by atoms with E-state index in [1.54, 1.807) is 6.07 Å². The monoisotopic (exact) mass is 189 g/mol. The molecular formula is C11H11NO2. The van der Waals surface area contributed by atoms with Gasteiger partial charge in [-0.1, -0.05) is 24.3 Å². The summed E-state index contributed by atoms with van der Waals surface area (Å²) in [6.45, 7) is 1.30. The van der Waals surface area contributed by atoms with Crippen LogP contribution in [0.25, 0.3) is 10.9 Å². The highest BCUT2D eigenvalue weighted by Crippen LogP contribution is 2.18. The highest BCUT2D eigenvalue weighted by Gasteiger charge is 2.19. The first-order chi connectivity index (χ1) is 6.57. The molecule has 0 unspecified atom stereocenters. The van der Waals surface area contributed by atoms with E-state index in [1.807, 2.05) is 30.3 Å². The third kappa shape index (κ3) is 1.60. The van der Waals surface area contributed by atoms with Gasteiger partial charge in [0.15, 0.2) is 0 Å². The standard InChI is InChI=1S/C11H11NO2/c1-11(13,14)10-7-6-8-4-2-3-5-9(8)12-10/h2-7,13-14H,1H3. The molecule has 0 amide bonds. The molecule has 0 aliphatic heterocycles. The molecule has 0 aliphatic rings. The molecule has 72 valence electrons. The van der Waals surface area contributed by atoms with Crippen molar-refractivity contribution in [2.45, 2.75) is 12.7 Å². The number of aromatic nitrogens is 1. The smallest absolute Gasteiger partial charge is 0.204 e. The van der Waals surface area contributed by atoms with Crippen LogP contribution in [0, 0.1) is 0 Å². The van der Waals surface area contributed by atoms with Crippen LogP contribution in [-0.2, 0) is 5.79 Å². The Hall–Kier alpha value is -1.45. The second-order valence-corrected chi connectivity index (χ2v) is 3.41. The first-order valence-corrected chi connectivity index (χ1v) is 4.38. The van der Waals surface area contributed by atoms with Gasteiger partial charge in [0.25, 0.3) is 0 Å². The SMILES string of the molecule is CC(O)(O)c1ccc2ccccc2n1. The number of nitrogens with zero attached hydrogens (tertiary/aromatic N) is 1. The largest absolute Gasteiger partial charge is 0.361 e. The number of aliphatic hydroxyl groups is 2. The van der Waals surface area contributed by atoms with Gasteiger partial charge >= 0.3 is 0 Å². The van der Waals surface area contributed by atoms with Gasteiger partial charge in [0, 0.05) is 5.39 Å². The molecule has 1 heterocycles. The number of hydrogen-bond donors (Lipinski definition) is 2. The van der Waals surface area contributed by atoms with Crippen molar-refractivity contribution in [3.05, 3.63) is 42.1 Å². The van der Waals surface area contributed by atoms with Crippen LogP contribution in [0.2, 0.25) is 0 Å². The number of hydrogen-bond acceptors (Lipinski definition) is 3. The lowest BCUT2D eigenvalue weighted by atomic mass is 10.1. The van der Waals surface area contributed by atoms with E-state index in [2.05, 4.69) is 4.98 Å². The van der Waals surface area contributed by atoms with E-state index < -0.39 is 5.79 Å². The molecule has 0 bridgehead atoms. The molecule has 0 fully saturated rings. The molecule has 14 heavy (non-hydrogen) atoms. The normalized spacial score (nSPS) is 11.9. The lowest BCUT2D eigenvalue weighted by molar-refractivity contribution is -0.155. The maximum Gasteiger partial charge on any atom is 0.204 e. The van der Waals surface area contributed by atoms with Gasteiger partial charge in [-0.3, -0.25) is 0 Å². The van der Waals surface area contributed by atoms with E-state index in [9.17, 15) is 10.2 Å². The lowest BCUT2D eigenvalue weighted by Crippen LogP contribution is -2.21. The summed E-state index contributed by atoms with van der Waals surface area (Å²) in [5, 5.41) is 19.7. The van der Waals surface area contributed by atoms with Gasteiger partial charge in [-0.05, 0) is 19.1 Å². The fourth-order valence-electron chi connectivity index (χ4n) is 1.33. The molecular weight excluding hydrogens is 178 g/mol. The van der Waals surface area contributed by atoms with Crippen LogP contribution in [0.5, 0.6) is 0 Å². The average Bonchev–Trinajstić information content (AvgIpc) is 2.16. The summed E-state index contributed by atoms with van der Waals surface area (Å²) in [5.41, 5.74) is 1.02. The summed E-state index contributed by atoms with van der Waals surface area (Å²) in [4.78, 5) is 4.15. The summed E-state index contributed by atoms with van der Waals surface area (Å²) >= 11 is 0. The highest BCUT2D eigenvalue weighted by atomic mass is 16.5. The second-order valence-electron chi connectivity index (χ2n) is 3.41. The van der Waals surface area contributed by atoms with Crippen LogP contribution in [0.1, 0.15) is 12.6 Å². The number of benzene rings is 1. The minimum Gasteiger partial charge on any atom is -0.361 e. The number of rotatable bonds is 1. The number of pyridine rings is 1. The molecule has 1 aromatic carbocycles. The van der Waals surface area contributed by atoms with Crippen LogP contribution < -0.4 is 0 Å². The Labute approximate surface area is 81.7 Å². The van der Waals surface area contributed by atoms with Gasteiger partial charge in [-0.15, -0.1) is 0 Å². The quantitative estimate of drug-likeness (QED) is 0.666. The van der Waals surface area contributed by atoms with Crippen LogP contribution >= 0.6 is 0 Å². The molecule has 0 aliphatic carbocycles. The van der Waals surface area contributed by atoms with Crippen LogP contribution in [0.15, 0.2) is 36.4 Å². The van der Waals surface area contributed by atoms with Crippen molar-refractivity contribution in [2.75, 3.05) is 0 Å². The predicted molar refractivity (Wildman–Crippen MR) is 53.5 cm³/mol. The third-order valence-electron chi connectivity index (χ3n) is 2.08.